The lowest BCUT2D eigenvalue weighted by molar-refractivity contribution is -0.121. The number of hydrogen-bond donors (Lipinski definition) is 2. The van der Waals surface area contributed by atoms with Crippen LogP contribution in [0.3, 0.4) is 0 Å². The SMILES string of the molecule is CCCn1c(C)c(CC(=O)N[C@@H](C)CO)c2c1CC(C)(C)CC2=O. The largest absolute Gasteiger partial charge is 0.394 e. The Labute approximate surface area is 144 Å². The smallest absolute Gasteiger partial charge is 0.224 e. The van der Waals surface area contributed by atoms with Crippen molar-refractivity contribution in [3.63, 3.8) is 0 Å². The highest BCUT2D eigenvalue weighted by Crippen LogP contribution is 2.38. The zero-order valence-electron chi connectivity index (χ0n) is 15.5. The molecule has 1 aromatic heterocycles. The fourth-order valence-corrected chi connectivity index (χ4v) is 3.68. The number of hydrogen-bond acceptors (Lipinski definition) is 3. The molecule has 24 heavy (non-hydrogen) atoms. The molecule has 0 fully saturated rings. The molecule has 0 unspecified atom stereocenters. The summed E-state index contributed by atoms with van der Waals surface area (Å²) < 4.78 is 2.23. The molecule has 2 N–H and O–H groups in total. The van der Waals surface area contributed by atoms with Gasteiger partial charge in [0, 0.05) is 36.0 Å². The number of aliphatic hydroxyl groups excluding tert-OH is 1. The number of aromatic nitrogens is 1. The van der Waals surface area contributed by atoms with Crippen molar-refractivity contribution in [1.82, 2.24) is 9.88 Å². The topological polar surface area (TPSA) is 71.3 Å². The van der Waals surface area contributed by atoms with Gasteiger partial charge in [-0.25, -0.2) is 0 Å². The van der Waals surface area contributed by atoms with Crippen LogP contribution in [-0.4, -0.2) is 34.0 Å². The van der Waals surface area contributed by atoms with Crippen LogP contribution in [0.5, 0.6) is 0 Å². The van der Waals surface area contributed by atoms with Crippen LogP contribution in [0.25, 0.3) is 0 Å². The standard InChI is InChI=1S/C19H30N2O3/c1-6-7-21-13(3)14(8-17(24)20-12(2)11-22)18-15(21)9-19(4,5)10-16(18)23/h12,22H,6-11H2,1-5H3,(H,20,24)/t12-/m0/s1. The first kappa shape index (κ1) is 18.7. The van der Waals surface area contributed by atoms with Crippen molar-refractivity contribution in [3.05, 3.63) is 22.5 Å². The molecule has 0 aliphatic heterocycles. The van der Waals surface area contributed by atoms with Gasteiger partial charge in [-0.3, -0.25) is 9.59 Å². The zero-order valence-corrected chi connectivity index (χ0v) is 15.5. The summed E-state index contributed by atoms with van der Waals surface area (Å²) in [4.78, 5) is 25.0. The average molecular weight is 334 g/mol. The lowest BCUT2D eigenvalue weighted by atomic mass is 9.75. The van der Waals surface area contributed by atoms with Crippen molar-refractivity contribution in [2.24, 2.45) is 5.41 Å². The first-order valence-electron chi connectivity index (χ1n) is 8.84. The Morgan fingerprint density at radius 3 is 2.62 bits per heavy atom. The molecule has 0 radical (unpaired) electrons. The summed E-state index contributed by atoms with van der Waals surface area (Å²) in [6.07, 6.45) is 2.58. The Bertz CT molecular complexity index is 644. The van der Waals surface area contributed by atoms with E-state index in [1.807, 2.05) is 6.92 Å². The van der Waals surface area contributed by atoms with Crippen LogP contribution in [0.2, 0.25) is 0 Å². The Morgan fingerprint density at radius 2 is 2.04 bits per heavy atom. The van der Waals surface area contributed by atoms with E-state index in [-0.39, 0.29) is 36.2 Å². The first-order valence-corrected chi connectivity index (χ1v) is 8.84. The number of nitrogens with zero attached hydrogens (tertiary/aromatic N) is 1. The number of Topliss-reactive ketones (excluding diaryl/α,β-unsaturated/α-hetero) is 1. The van der Waals surface area contributed by atoms with Gasteiger partial charge in [-0.15, -0.1) is 0 Å². The summed E-state index contributed by atoms with van der Waals surface area (Å²) in [5, 5.41) is 11.9. The Balaban J connectivity index is 2.42. The molecule has 5 heteroatoms. The quantitative estimate of drug-likeness (QED) is 0.839. The van der Waals surface area contributed by atoms with Gasteiger partial charge in [-0.2, -0.15) is 0 Å². The van der Waals surface area contributed by atoms with Gasteiger partial charge in [-0.05, 0) is 37.7 Å². The molecule has 0 spiro atoms. The minimum Gasteiger partial charge on any atom is -0.394 e. The number of carbonyl (C=O) groups is 2. The van der Waals surface area contributed by atoms with Gasteiger partial charge in [0.15, 0.2) is 5.78 Å². The highest BCUT2D eigenvalue weighted by molar-refractivity contribution is 6.01. The summed E-state index contributed by atoms with van der Waals surface area (Å²) in [7, 11) is 0. The van der Waals surface area contributed by atoms with E-state index in [9.17, 15) is 9.59 Å². The highest BCUT2D eigenvalue weighted by atomic mass is 16.3. The summed E-state index contributed by atoms with van der Waals surface area (Å²) in [5.74, 6) is 0.00550. The molecule has 1 aliphatic carbocycles. The van der Waals surface area contributed by atoms with Gasteiger partial charge in [0.25, 0.3) is 0 Å². The van der Waals surface area contributed by atoms with Crippen LogP contribution < -0.4 is 5.32 Å². The van der Waals surface area contributed by atoms with Gasteiger partial charge in [0.1, 0.15) is 0 Å². The average Bonchev–Trinajstić information content (AvgIpc) is 2.71. The van der Waals surface area contributed by atoms with Crippen molar-refractivity contribution >= 4 is 11.7 Å². The molecule has 1 atom stereocenters. The molecule has 0 aromatic carbocycles. The van der Waals surface area contributed by atoms with E-state index in [1.54, 1.807) is 6.92 Å². The number of carbonyl (C=O) groups excluding carboxylic acids is 2. The van der Waals surface area contributed by atoms with Crippen molar-refractivity contribution in [2.45, 2.75) is 72.9 Å². The second-order valence-corrected chi connectivity index (χ2v) is 7.81. The monoisotopic (exact) mass is 334 g/mol. The van der Waals surface area contributed by atoms with Crippen LogP contribution in [0.1, 0.15) is 67.8 Å². The molecule has 0 saturated carbocycles. The van der Waals surface area contributed by atoms with E-state index in [4.69, 9.17) is 5.11 Å². The first-order chi connectivity index (χ1) is 11.2. The van der Waals surface area contributed by atoms with Gasteiger partial charge >= 0.3 is 0 Å². The number of rotatable bonds is 6. The Morgan fingerprint density at radius 1 is 1.38 bits per heavy atom. The van der Waals surface area contributed by atoms with Crippen LogP contribution in [-0.2, 0) is 24.2 Å². The van der Waals surface area contributed by atoms with Gasteiger partial charge in [-0.1, -0.05) is 20.8 Å². The summed E-state index contributed by atoms with van der Waals surface area (Å²) in [6, 6.07) is -0.277. The number of aliphatic hydroxyl groups is 1. The predicted octanol–water partition coefficient (Wildman–Crippen LogP) is 2.40. The van der Waals surface area contributed by atoms with Crippen LogP contribution >= 0.6 is 0 Å². The van der Waals surface area contributed by atoms with Crippen LogP contribution in [0.4, 0.5) is 0 Å². The van der Waals surface area contributed by atoms with E-state index in [1.165, 1.54) is 0 Å². The van der Waals surface area contributed by atoms with Crippen LogP contribution in [0, 0.1) is 12.3 Å². The second-order valence-electron chi connectivity index (χ2n) is 7.81. The molecule has 1 heterocycles. The van der Waals surface area contributed by atoms with E-state index >= 15 is 0 Å². The maximum absolute atomic E-state index is 12.8. The lowest BCUT2D eigenvalue weighted by Gasteiger charge is -2.30. The molecule has 1 aliphatic rings. The Hall–Kier alpha value is -1.62. The van der Waals surface area contributed by atoms with E-state index in [0.29, 0.717) is 6.42 Å². The molecule has 2 rings (SSSR count). The summed E-state index contributed by atoms with van der Waals surface area (Å²) in [6.45, 7) is 10.9. The minimum absolute atomic E-state index is 0.0364. The maximum atomic E-state index is 12.8. The maximum Gasteiger partial charge on any atom is 0.224 e. The second kappa shape index (κ2) is 7.09. The van der Waals surface area contributed by atoms with Crippen molar-refractivity contribution < 1.29 is 14.7 Å². The fraction of sp³-hybridized carbons (Fsp3) is 0.684. The molecular formula is C19H30N2O3. The third-order valence-corrected chi connectivity index (χ3v) is 4.79. The number of ketones is 1. The van der Waals surface area contributed by atoms with E-state index in [0.717, 1.165) is 41.9 Å². The third-order valence-electron chi connectivity index (χ3n) is 4.79. The Kier molecular flexibility index (Phi) is 5.53. The molecule has 0 bridgehead atoms. The van der Waals surface area contributed by atoms with Crippen molar-refractivity contribution in [2.75, 3.05) is 6.61 Å². The van der Waals surface area contributed by atoms with Crippen LogP contribution in [0.15, 0.2) is 0 Å². The van der Waals surface area contributed by atoms with E-state index < -0.39 is 0 Å². The van der Waals surface area contributed by atoms with Gasteiger partial charge < -0.3 is 15.0 Å². The highest BCUT2D eigenvalue weighted by Gasteiger charge is 2.36. The number of fused-ring (bicyclic) bond motifs is 1. The van der Waals surface area contributed by atoms with Gasteiger partial charge in [0.2, 0.25) is 5.91 Å². The normalized spacial score (nSPS) is 17.5. The number of amides is 1. The summed E-state index contributed by atoms with van der Waals surface area (Å²) in [5.41, 5.74) is 3.72. The molecule has 134 valence electrons. The molecule has 0 saturated heterocycles. The van der Waals surface area contributed by atoms with Crippen molar-refractivity contribution in [3.8, 4) is 0 Å². The van der Waals surface area contributed by atoms with E-state index in [2.05, 4.69) is 30.7 Å². The number of nitrogens with one attached hydrogen (secondary N) is 1. The molecule has 5 nitrogen and oxygen atoms in total. The lowest BCUT2D eigenvalue weighted by Crippen LogP contribution is -2.36. The molecular weight excluding hydrogens is 304 g/mol. The van der Waals surface area contributed by atoms with Crippen molar-refractivity contribution in [1.29, 1.82) is 0 Å². The van der Waals surface area contributed by atoms with Gasteiger partial charge in [0.05, 0.1) is 13.0 Å². The fourth-order valence-electron chi connectivity index (χ4n) is 3.68. The zero-order chi connectivity index (χ0) is 18.1. The third kappa shape index (κ3) is 3.72. The minimum atomic E-state index is -0.277. The molecule has 1 aromatic rings. The molecule has 1 amide bonds. The summed E-state index contributed by atoms with van der Waals surface area (Å²) >= 11 is 0. The predicted molar refractivity (Wildman–Crippen MR) is 94.3 cm³/mol.